The molecule has 2 heterocycles. The van der Waals surface area contributed by atoms with Crippen molar-refractivity contribution in [2.45, 2.75) is 6.54 Å². The quantitative estimate of drug-likeness (QED) is 0.724. The zero-order valence-corrected chi connectivity index (χ0v) is 6.84. The topological polar surface area (TPSA) is 77.8 Å². The van der Waals surface area contributed by atoms with Crippen molar-refractivity contribution in [3.63, 3.8) is 0 Å². The molecule has 2 N–H and O–H groups in total. The molecule has 66 valence electrons. The summed E-state index contributed by atoms with van der Waals surface area (Å²) in [5.74, 6) is 0.483. The van der Waals surface area contributed by atoms with Crippen molar-refractivity contribution in [2.24, 2.45) is 5.73 Å². The third-order valence-electron chi connectivity index (χ3n) is 1.63. The first-order chi connectivity index (χ1) is 6.40. The van der Waals surface area contributed by atoms with Gasteiger partial charge in [0.2, 0.25) is 12.3 Å². The van der Waals surface area contributed by atoms with Crippen LogP contribution in [0.3, 0.4) is 0 Å². The van der Waals surface area contributed by atoms with Gasteiger partial charge in [-0.05, 0) is 12.1 Å². The van der Waals surface area contributed by atoms with Crippen molar-refractivity contribution in [3.8, 4) is 11.5 Å². The second kappa shape index (κ2) is 3.32. The number of hydrogen-bond donors (Lipinski definition) is 1. The number of nitrogens with two attached hydrogens (primary N) is 1. The Labute approximate surface area is 74.6 Å². The van der Waals surface area contributed by atoms with Gasteiger partial charge in [-0.3, -0.25) is 4.98 Å². The summed E-state index contributed by atoms with van der Waals surface area (Å²) in [5, 5.41) is 7.36. The summed E-state index contributed by atoms with van der Waals surface area (Å²) in [6.45, 7) is 0.405. The van der Waals surface area contributed by atoms with Crippen LogP contribution in [0, 0.1) is 0 Å². The van der Waals surface area contributed by atoms with E-state index >= 15 is 0 Å². The summed E-state index contributed by atoms with van der Waals surface area (Å²) in [4.78, 5) is 4.05. The summed E-state index contributed by atoms with van der Waals surface area (Å²) in [6, 6.07) is 3.63. The molecular formula is C8H8N4O. The van der Waals surface area contributed by atoms with E-state index in [9.17, 15) is 0 Å². The van der Waals surface area contributed by atoms with E-state index in [-0.39, 0.29) is 0 Å². The number of aromatic nitrogens is 3. The van der Waals surface area contributed by atoms with Gasteiger partial charge in [-0.15, -0.1) is 10.2 Å². The number of hydrogen-bond acceptors (Lipinski definition) is 5. The van der Waals surface area contributed by atoms with E-state index in [1.54, 1.807) is 12.3 Å². The fourth-order valence-corrected chi connectivity index (χ4v) is 1.02. The minimum absolute atomic E-state index is 0.405. The average molecular weight is 176 g/mol. The summed E-state index contributed by atoms with van der Waals surface area (Å²) in [5.41, 5.74) is 7.09. The Kier molecular flexibility index (Phi) is 2.01. The standard InChI is InChI=1S/C8H8N4O/c9-4-7-3-6(1-2-10-7)8-12-11-5-13-8/h1-3,5H,4,9H2. The zero-order chi connectivity index (χ0) is 9.10. The van der Waals surface area contributed by atoms with E-state index < -0.39 is 0 Å². The molecule has 13 heavy (non-hydrogen) atoms. The van der Waals surface area contributed by atoms with Crippen LogP contribution in [0.2, 0.25) is 0 Å². The van der Waals surface area contributed by atoms with Gasteiger partial charge < -0.3 is 10.2 Å². The summed E-state index contributed by atoms with van der Waals surface area (Å²) < 4.78 is 5.03. The van der Waals surface area contributed by atoms with E-state index in [2.05, 4.69) is 15.2 Å². The first-order valence-corrected chi connectivity index (χ1v) is 3.81. The van der Waals surface area contributed by atoms with Crippen LogP contribution >= 0.6 is 0 Å². The normalized spacial score (nSPS) is 10.2. The Bertz CT molecular complexity index is 385. The van der Waals surface area contributed by atoms with E-state index in [4.69, 9.17) is 10.2 Å². The molecule has 0 aliphatic heterocycles. The van der Waals surface area contributed by atoms with E-state index in [1.165, 1.54) is 6.39 Å². The lowest BCUT2D eigenvalue weighted by Crippen LogP contribution is -1.98. The first kappa shape index (κ1) is 7.88. The number of pyridine rings is 1. The fraction of sp³-hybridized carbons (Fsp3) is 0.125. The lowest BCUT2D eigenvalue weighted by Gasteiger charge is -1.97. The summed E-state index contributed by atoms with van der Waals surface area (Å²) in [6.07, 6.45) is 2.96. The van der Waals surface area contributed by atoms with E-state index in [0.29, 0.717) is 12.4 Å². The Morgan fingerprint density at radius 1 is 1.46 bits per heavy atom. The van der Waals surface area contributed by atoms with Crippen molar-refractivity contribution in [1.82, 2.24) is 15.2 Å². The van der Waals surface area contributed by atoms with Crippen molar-refractivity contribution in [3.05, 3.63) is 30.4 Å². The van der Waals surface area contributed by atoms with Gasteiger partial charge in [0, 0.05) is 18.3 Å². The molecular weight excluding hydrogens is 168 g/mol. The lowest BCUT2D eigenvalue weighted by molar-refractivity contribution is 0.568. The Balaban J connectivity index is 2.41. The van der Waals surface area contributed by atoms with Crippen LogP contribution in [-0.2, 0) is 6.54 Å². The molecule has 5 heteroatoms. The highest BCUT2D eigenvalue weighted by Crippen LogP contribution is 2.15. The second-order valence-electron chi connectivity index (χ2n) is 2.48. The second-order valence-corrected chi connectivity index (χ2v) is 2.48. The largest absolute Gasteiger partial charge is 0.423 e. The molecule has 0 aliphatic rings. The predicted octanol–water partition coefficient (Wildman–Crippen LogP) is 0.590. The van der Waals surface area contributed by atoms with Crippen LogP contribution in [0.15, 0.2) is 29.1 Å². The molecule has 0 bridgehead atoms. The van der Waals surface area contributed by atoms with Gasteiger partial charge in [-0.2, -0.15) is 0 Å². The van der Waals surface area contributed by atoms with Crippen LogP contribution < -0.4 is 5.73 Å². The maximum absolute atomic E-state index is 5.44. The maximum atomic E-state index is 5.44. The molecule has 0 spiro atoms. The SMILES string of the molecule is NCc1cc(-c2nnco2)ccn1. The molecule has 0 saturated heterocycles. The summed E-state index contributed by atoms with van der Waals surface area (Å²) in [7, 11) is 0. The van der Waals surface area contributed by atoms with Crippen LogP contribution in [0.4, 0.5) is 0 Å². The van der Waals surface area contributed by atoms with Gasteiger partial charge in [0.15, 0.2) is 0 Å². The van der Waals surface area contributed by atoms with Gasteiger partial charge in [0.1, 0.15) is 0 Å². The molecule has 5 nitrogen and oxygen atoms in total. The third kappa shape index (κ3) is 1.54. The van der Waals surface area contributed by atoms with Gasteiger partial charge in [-0.25, -0.2) is 0 Å². The zero-order valence-electron chi connectivity index (χ0n) is 6.84. The van der Waals surface area contributed by atoms with Crippen molar-refractivity contribution >= 4 is 0 Å². The Morgan fingerprint density at radius 3 is 3.08 bits per heavy atom. The molecule has 0 saturated carbocycles. The highest BCUT2D eigenvalue weighted by Gasteiger charge is 2.03. The molecule has 0 aromatic carbocycles. The van der Waals surface area contributed by atoms with Gasteiger partial charge >= 0.3 is 0 Å². The van der Waals surface area contributed by atoms with Gasteiger partial charge in [0.05, 0.1) is 5.69 Å². The molecule has 0 radical (unpaired) electrons. The average Bonchev–Trinajstić information content (AvgIpc) is 2.71. The van der Waals surface area contributed by atoms with Crippen LogP contribution in [0.1, 0.15) is 5.69 Å². The Morgan fingerprint density at radius 2 is 2.38 bits per heavy atom. The van der Waals surface area contributed by atoms with Gasteiger partial charge in [-0.1, -0.05) is 0 Å². The van der Waals surface area contributed by atoms with Crippen LogP contribution in [-0.4, -0.2) is 15.2 Å². The van der Waals surface area contributed by atoms with E-state index in [1.807, 2.05) is 6.07 Å². The maximum Gasteiger partial charge on any atom is 0.247 e. The molecule has 2 rings (SSSR count). The van der Waals surface area contributed by atoms with Crippen molar-refractivity contribution in [1.29, 1.82) is 0 Å². The van der Waals surface area contributed by atoms with E-state index in [0.717, 1.165) is 11.3 Å². The molecule has 2 aromatic rings. The molecule has 0 atom stereocenters. The van der Waals surface area contributed by atoms with Gasteiger partial charge in [0.25, 0.3) is 0 Å². The monoisotopic (exact) mass is 176 g/mol. The highest BCUT2D eigenvalue weighted by molar-refractivity contribution is 5.51. The first-order valence-electron chi connectivity index (χ1n) is 3.81. The van der Waals surface area contributed by atoms with Crippen molar-refractivity contribution < 1.29 is 4.42 Å². The molecule has 0 aliphatic carbocycles. The number of rotatable bonds is 2. The lowest BCUT2D eigenvalue weighted by atomic mass is 10.2. The minimum Gasteiger partial charge on any atom is -0.423 e. The predicted molar refractivity (Wildman–Crippen MR) is 45.4 cm³/mol. The molecule has 0 fully saturated rings. The number of nitrogens with zero attached hydrogens (tertiary/aromatic N) is 3. The molecule has 0 unspecified atom stereocenters. The van der Waals surface area contributed by atoms with Crippen LogP contribution in [0.5, 0.6) is 0 Å². The highest BCUT2D eigenvalue weighted by atomic mass is 16.4. The van der Waals surface area contributed by atoms with Crippen LogP contribution in [0.25, 0.3) is 11.5 Å². The smallest absolute Gasteiger partial charge is 0.247 e. The Hall–Kier alpha value is -1.75. The summed E-state index contributed by atoms with van der Waals surface area (Å²) >= 11 is 0. The van der Waals surface area contributed by atoms with Crippen molar-refractivity contribution in [2.75, 3.05) is 0 Å². The fourth-order valence-electron chi connectivity index (χ4n) is 1.02. The minimum atomic E-state index is 0.405. The molecule has 0 amide bonds. The molecule has 2 aromatic heterocycles. The third-order valence-corrected chi connectivity index (χ3v) is 1.63.